The lowest BCUT2D eigenvalue weighted by Crippen LogP contribution is -2.47. The molecule has 3 heterocycles. The van der Waals surface area contributed by atoms with E-state index in [-0.39, 0.29) is 12.1 Å². The number of carbonyl (C=O) groups excluding carboxylic acids is 2. The number of piperidine rings is 1. The van der Waals surface area contributed by atoms with E-state index in [9.17, 15) is 9.59 Å². The van der Waals surface area contributed by atoms with E-state index in [2.05, 4.69) is 4.98 Å². The molecule has 0 aliphatic carbocycles. The van der Waals surface area contributed by atoms with Crippen LogP contribution in [-0.2, 0) is 15.1 Å². The van der Waals surface area contributed by atoms with Gasteiger partial charge in [-0.2, -0.15) is 0 Å². The van der Waals surface area contributed by atoms with Gasteiger partial charge in [0.25, 0.3) is 0 Å². The van der Waals surface area contributed by atoms with Crippen molar-refractivity contribution in [3.05, 3.63) is 29.6 Å². The summed E-state index contributed by atoms with van der Waals surface area (Å²) in [7, 11) is 0. The number of amides is 1. The smallest absolute Gasteiger partial charge is 0.410 e. The minimum Gasteiger partial charge on any atom is -0.449 e. The third-order valence-electron chi connectivity index (χ3n) is 4.00. The van der Waals surface area contributed by atoms with Gasteiger partial charge in [-0.05, 0) is 26.8 Å². The van der Waals surface area contributed by atoms with Gasteiger partial charge in [0.05, 0.1) is 0 Å². The summed E-state index contributed by atoms with van der Waals surface area (Å²) in [4.78, 5) is 29.8. The fraction of sp³-hybridized carbons (Fsp3) is 0.562. The number of carbonyl (C=O) groups is 2. The Labute approximate surface area is 129 Å². The van der Waals surface area contributed by atoms with Crippen LogP contribution >= 0.6 is 0 Å². The zero-order valence-corrected chi connectivity index (χ0v) is 13.1. The molecule has 6 nitrogen and oxygen atoms in total. The summed E-state index contributed by atoms with van der Waals surface area (Å²) < 4.78 is 11.0. The van der Waals surface area contributed by atoms with Gasteiger partial charge >= 0.3 is 12.1 Å². The summed E-state index contributed by atoms with van der Waals surface area (Å²) in [6.45, 7) is 6.53. The topological polar surface area (TPSA) is 68.7 Å². The zero-order chi connectivity index (χ0) is 16.0. The third-order valence-corrected chi connectivity index (χ3v) is 4.00. The molecule has 1 amide bonds. The second kappa shape index (κ2) is 4.97. The molecule has 118 valence electrons. The molecular formula is C16H20N2O4. The second-order valence-corrected chi connectivity index (χ2v) is 6.75. The summed E-state index contributed by atoms with van der Waals surface area (Å²) in [5.41, 5.74) is 0.0823. The Hall–Kier alpha value is -2.11. The molecule has 0 bridgehead atoms. The van der Waals surface area contributed by atoms with E-state index in [1.807, 2.05) is 32.9 Å². The Morgan fingerprint density at radius 3 is 2.68 bits per heavy atom. The molecule has 0 atom stereocenters. The van der Waals surface area contributed by atoms with Crippen molar-refractivity contribution >= 4 is 12.1 Å². The van der Waals surface area contributed by atoms with Gasteiger partial charge in [-0.15, -0.1) is 0 Å². The van der Waals surface area contributed by atoms with Gasteiger partial charge in [0.1, 0.15) is 11.2 Å². The normalized spacial score (nSPS) is 19.8. The third kappa shape index (κ3) is 2.53. The minimum absolute atomic E-state index is 0.321. The van der Waals surface area contributed by atoms with Crippen LogP contribution in [0.25, 0.3) is 0 Å². The van der Waals surface area contributed by atoms with E-state index < -0.39 is 11.2 Å². The first-order valence-electron chi connectivity index (χ1n) is 7.48. The number of nitrogens with zero attached hydrogens (tertiary/aromatic N) is 2. The molecule has 1 spiro atoms. The van der Waals surface area contributed by atoms with Crippen LogP contribution in [0, 0.1) is 0 Å². The van der Waals surface area contributed by atoms with Gasteiger partial charge in [-0.25, -0.2) is 14.6 Å². The van der Waals surface area contributed by atoms with Crippen LogP contribution in [0.15, 0.2) is 18.3 Å². The van der Waals surface area contributed by atoms with E-state index in [1.54, 1.807) is 11.1 Å². The molecule has 3 rings (SSSR count). The molecular weight excluding hydrogens is 284 g/mol. The van der Waals surface area contributed by atoms with Gasteiger partial charge in [-0.1, -0.05) is 6.07 Å². The molecule has 6 heteroatoms. The van der Waals surface area contributed by atoms with Crippen LogP contribution in [0.1, 0.15) is 49.7 Å². The number of hydrogen-bond donors (Lipinski definition) is 0. The Morgan fingerprint density at radius 1 is 1.36 bits per heavy atom. The van der Waals surface area contributed by atoms with Gasteiger partial charge in [0.2, 0.25) is 0 Å². The molecule has 0 unspecified atom stereocenters. The molecule has 1 aromatic rings. The second-order valence-electron chi connectivity index (χ2n) is 6.75. The van der Waals surface area contributed by atoms with Crippen molar-refractivity contribution in [2.24, 2.45) is 0 Å². The average molecular weight is 304 g/mol. The van der Waals surface area contributed by atoms with Crippen molar-refractivity contribution in [2.75, 3.05) is 13.1 Å². The number of esters is 1. The summed E-state index contributed by atoms with van der Waals surface area (Å²) in [6, 6.07) is 3.69. The number of aromatic nitrogens is 1. The van der Waals surface area contributed by atoms with Gasteiger partial charge in [0.15, 0.2) is 5.69 Å². The van der Waals surface area contributed by atoms with Crippen molar-refractivity contribution in [2.45, 2.75) is 44.8 Å². The van der Waals surface area contributed by atoms with E-state index >= 15 is 0 Å². The Morgan fingerprint density at radius 2 is 2.05 bits per heavy atom. The maximum absolute atomic E-state index is 12.1. The Kier molecular flexibility index (Phi) is 3.34. The average Bonchev–Trinajstić information content (AvgIpc) is 2.71. The highest BCUT2D eigenvalue weighted by Crippen LogP contribution is 2.43. The van der Waals surface area contributed by atoms with Crippen LogP contribution < -0.4 is 0 Å². The Bertz CT molecular complexity index is 613. The fourth-order valence-electron chi connectivity index (χ4n) is 2.96. The molecule has 22 heavy (non-hydrogen) atoms. The summed E-state index contributed by atoms with van der Waals surface area (Å²) in [5, 5.41) is 0. The first-order valence-corrected chi connectivity index (χ1v) is 7.48. The monoisotopic (exact) mass is 304 g/mol. The summed E-state index contributed by atoms with van der Waals surface area (Å²) in [6.07, 6.45) is 2.40. The predicted octanol–water partition coefficient (Wildman–Crippen LogP) is 2.48. The maximum atomic E-state index is 12.1. The SMILES string of the molecule is CC(C)(C)OC(=O)N1CCC2(CC1)OC(=O)c1ncccc12. The zero-order valence-electron chi connectivity index (χ0n) is 13.1. The lowest BCUT2D eigenvalue weighted by atomic mass is 9.85. The van der Waals surface area contributed by atoms with Crippen molar-refractivity contribution < 1.29 is 19.1 Å². The molecule has 2 aliphatic heterocycles. The number of fused-ring (bicyclic) bond motifs is 2. The number of ether oxygens (including phenoxy) is 2. The molecule has 1 fully saturated rings. The first-order chi connectivity index (χ1) is 10.3. The molecule has 0 N–H and O–H groups in total. The first kappa shape index (κ1) is 14.8. The predicted molar refractivity (Wildman–Crippen MR) is 78.4 cm³/mol. The van der Waals surface area contributed by atoms with Crippen LogP contribution in [0.4, 0.5) is 4.79 Å². The molecule has 1 saturated heterocycles. The molecule has 0 saturated carbocycles. The highest BCUT2D eigenvalue weighted by molar-refractivity contribution is 5.92. The standard InChI is InChI=1S/C16H20N2O4/c1-15(2,3)22-14(20)18-9-6-16(7-10-18)11-5-4-8-17-12(11)13(19)21-16/h4-5,8H,6-7,9-10H2,1-3H3. The quantitative estimate of drug-likeness (QED) is 0.689. The van der Waals surface area contributed by atoms with Crippen LogP contribution in [0.3, 0.4) is 0 Å². The molecule has 0 radical (unpaired) electrons. The van der Waals surface area contributed by atoms with Crippen LogP contribution in [0.2, 0.25) is 0 Å². The number of rotatable bonds is 0. The Balaban J connectivity index is 1.73. The van der Waals surface area contributed by atoms with Gasteiger partial charge in [0, 0.05) is 37.7 Å². The fourth-order valence-corrected chi connectivity index (χ4v) is 2.96. The van der Waals surface area contributed by atoms with Crippen molar-refractivity contribution in [3.8, 4) is 0 Å². The molecule has 1 aromatic heterocycles. The van der Waals surface area contributed by atoms with E-state index in [4.69, 9.17) is 9.47 Å². The van der Waals surface area contributed by atoms with E-state index in [0.29, 0.717) is 31.6 Å². The highest BCUT2D eigenvalue weighted by atomic mass is 16.6. The maximum Gasteiger partial charge on any atom is 0.410 e. The van der Waals surface area contributed by atoms with Gasteiger partial charge in [-0.3, -0.25) is 0 Å². The van der Waals surface area contributed by atoms with Crippen LogP contribution in [0.5, 0.6) is 0 Å². The van der Waals surface area contributed by atoms with E-state index in [1.165, 1.54) is 0 Å². The van der Waals surface area contributed by atoms with E-state index in [0.717, 1.165) is 5.56 Å². The number of pyridine rings is 1. The number of likely N-dealkylation sites (tertiary alicyclic amines) is 1. The minimum atomic E-state index is -0.640. The lowest BCUT2D eigenvalue weighted by molar-refractivity contribution is -0.0470. The van der Waals surface area contributed by atoms with Crippen molar-refractivity contribution in [3.63, 3.8) is 0 Å². The lowest BCUT2D eigenvalue weighted by Gasteiger charge is -2.38. The summed E-state index contributed by atoms with van der Waals surface area (Å²) in [5.74, 6) is -0.374. The molecule has 2 aliphatic rings. The largest absolute Gasteiger partial charge is 0.449 e. The van der Waals surface area contributed by atoms with Gasteiger partial charge < -0.3 is 14.4 Å². The number of hydrogen-bond acceptors (Lipinski definition) is 5. The summed E-state index contributed by atoms with van der Waals surface area (Å²) >= 11 is 0. The van der Waals surface area contributed by atoms with Crippen LogP contribution in [-0.4, -0.2) is 40.6 Å². The highest BCUT2D eigenvalue weighted by Gasteiger charge is 2.48. The van der Waals surface area contributed by atoms with Crippen molar-refractivity contribution in [1.29, 1.82) is 0 Å². The molecule has 0 aromatic carbocycles. The van der Waals surface area contributed by atoms with Crippen molar-refractivity contribution in [1.82, 2.24) is 9.88 Å².